The Morgan fingerprint density at radius 3 is 2.22 bits per heavy atom. The third-order valence-corrected chi connectivity index (χ3v) is 4.53. The Kier molecular flexibility index (Phi) is 5.82. The zero-order valence-electron chi connectivity index (χ0n) is 14.9. The number of hydrogen-bond acceptors (Lipinski definition) is 5. The minimum Gasteiger partial charge on any atom is -0.385 e. The van der Waals surface area contributed by atoms with Gasteiger partial charge in [0.15, 0.2) is 0 Å². The first kappa shape index (κ1) is 19.4. The molecule has 23 heavy (non-hydrogen) atoms. The number of hydrogen-bond donors (Lipinski definition) is 3. The first-order valence-corrected chi connectivity index (χ1v) is 7.89. The topological polar surface area (TPSA) is 122 Å². The lowest BCUT2D eigenvalue weighted by atomic mass is 9.63. The van der Waals surface area contributed by atoms with Crippen molar-refractivity contribution in [1.82, 2.24) is 9.13 Å². The number of aromatic nitrogens is 2. The summed E-state index contributed by atoms with van der Waals surface area (Å²) >= 11 is 0. The molecule has 0 aliphatic heterocycles. The van der Waals surface area contributed by atoms with E-state index in [1.165, 1.54) is 31.1 Å². The van der Waals surface area contributed by atoms with Gasteiger partial charge in [0.25, 0.3) is 5.56 Å². The molecule has 0 spiro atoms. The van der Waals surface area contributed by atoms with E-state index in [9.17, 15) is 9.59 Å². The van der Waals surface area contributed by atoms with Gasteiger partial charge in [-0.15, -0.1) is 0 Å². The quantitative estimate of drug-likeness (QED) is 0.678. The highest BCUT2D eigenvalue weighted by Crippen LogP contribution is 2.44. The van der Waals surface area contributed by atoms with E-state index in [2.05, 4.69) is 20.8 Å². The molecule has 1 aliphatic carbocycles. The van der Waals surface area contributed by atoms with Gasteiger partial charge in [-0.25, -0.2) is 4.79 Å². The van der Waals surface area contributed by atoms with Gasteiger partial charge in [-0.05, 0) is 36.6 Å². The van der Waals surface area contributed by atoms with Crippen LogP contribution in [0.1, 0.15) is 40.0 Å². The highest BCUT2D eigenvalue weighted by atomic mass is 16.2. The van der Waals surface area contributed by atoms with Crippen LogP contribution in [0.2, 0.25) is 0 Å². The molecule has 0 bridgehead atoms. The molecule has 7 heteroatoms. The molecule has 1 fully saturated rings. The van der Waals surface area contributed by atoms with Crippen LogP contribution in [0.5, 0.6) is 0 Å². The van der Waals surface area contributed by atoms with E-state index in [1.807, 2.05) is 0 Å². The van der Waals surface area contributed by atoms with Gasteiger partial charge >= 0.3 is 5.69 Å². The summed E-state index contributed by atoms with van der Waals surface area (Å²) in [6, 6.07) is 1.56. The number of nitrogen functional groups attached to an aromatic ring is 1. The Hall–Kier alpha value is -1.60. The lowest BCUT2D eigenvalue weighted by Crippen LogP contribution is -2.45. The molecule has 1 aromatic heterocycles. The fourth-order valence-electron chi connectivity index (χ4n) is 3.62. The fraction of sp³-hybridized carbons (Fsp3) is 0.750. The summed E-state index contributed by atoms with van der Waals surface area (Å²) in [5.41, 5.74) is 17.0. The minimum absolute atomic E-state index is 0.179. The molecule has 0 radical (unpaired) electrons. The number of rotatable bonds is 1. The van der Waals surface area contributed by atoms with Crippen LogP contribution in [0.3, 0.4) is 0 Å². The van der Waals surface area contributed by atoms with E-state index in [0.29, 0.717) is 11.5 Å². The molecule has 7 nitrogen and oxygen atoms in total. The Morgan fingerprint density at radius 2 is 1.74 bits per heavy atom. The van der Waals surface area contributed by atoms with Crippen LogP contribution in [-0.2, 0) is 14.1 Å². The molecule has 1 aromatic rings. The molecule has 0 amide bonds. The minimum atomic E-state index is -0.407. The maximum Gasteiger partial charge on any atom is 0.332 e. The van der Waals surface area contributed by atoms with Crippen LogP contribution >= 0.6 is 0 Å². The largest absolute Gasteiger partial charge is 0.385 e. The molecular formula is C16H31N5O2. The first-order valence-electron chi connectivity index (χ1n) is 7.89. The number of anilines is 1. The zero-order valence-corrected chi connectivity index (χ0v) is 14.9. The Morgan fingerprint density at radius 1 is 1.17 bits per heavy atom. The summed E-state index contributed by atoms with van der Waals surface area (Å²) in [5, 5.41) is 0. The fourth-order valence-corrected chi connectivity index (χ4v) is 3.62. The summed E-state index contributed by atoms with van der Waals surface area (Å²) in [6.45, 7) is 7.61. The SMILES string of the molecule is CC1(C)CC(N)CC(C)(CN)C1.Cn1c(N)cc(=O)n(C)c1=O. The third-order valence-electron chi connectivity index (χ3n) is 4.53. The second kappa shape index (κ2) is 6.88. The van der Waals surface area contributed by atoms with Gasteiger partial charge < -0.3 is 17.2 Å². The zero-order chi connectivity index (χ0) is 18.0. The van der Waals surface area contributed by atoms with Crippen molar-refractivity contribution in [3.8, 4) is 0 Å². The molecule has 1 aliphatic rings. The smallest absolute Gasteiger partial charge is 0.332 e. The van der Waals surface area contributed by atoms with Crippen molar-refractivity contribution in [3.63, 3.8) is 0 Å². The van der Waals surface area contributed by atoms with E-state index >= 15 is 0 Å². The van der Waals surface area contributed by atoms with Crippen LogP contribution in [-0.4, -0.2) is 21.7 Å². The Balaban J connectivity index is 0.000000231. The molecule has 1 heterocycles. The van der Waals surface area contributed by atoms with E-state index in [-0.39, 0.29) is 16.8 Å². The second-order valence-corrected chi connectivity index (χ2v) is 7.83. The van der Waals surface area contributed by atoms with Crippen LogP contribution in [0.15, 0.2) is 15.7 Å². The van der Waals surface area contributed by atoms with E-state index in [4.69, 9.17) is 17.2 Å². The maximum atomic E-state index is 11.1. The summed E-state index contributed by atoms with van der Waals surface area (Å²) in [4.78, 5) is 21.9. The van der Waals surface area contributed by atoms with Gasteiger partial charge in [-0.3, -0.25) is 13.9 Å². The van der Waals surface area contributed by atoms with Gasteiger partial charge in [0.1, 0.15) is 5.82 Å². The summed E-state index contributed by atoms with van der Waals surface area (Å²) in [5.74, 6) is 0.179. The monoisotopic (exact) mass is 325 g/mol. The van der Waals surface area contributed by atoms with E-state index < -0.39 is 5.69 Å². The predicted molar refractivity (Wildman–Crippen MR) is 94.1 cm³/mol. The van der Waals surface area contributed by atoms with Crippen LogP contribution in [0.4, 0.5) is 5.82 Å². The predicted octanol–water partition coefficient (Wildman–Crippen LogP) is 0.155. The van der Waals surface area contributed by atoms with Crippen molar-refractivity contribution >= 4 is 5.82 Å². The van der Waals surface area contributed by atoms with Crippen molar-refractivity contribution in [1.29, 1.82) is 0 Å². The van der Waals surface area contributed by atoms with Gasteiger partial charge in [0.2, 0.25) is 0 Å². The summed E-state index contributed by atoms with van der Waals surface area (Å²) in [7, 11) is 2.92. The Labute approximate surface area is 137 Å². The highest BCUT2D eigenvalue weighted by molar-refractivity contribution is 5.25. The van der Waals surface area contributed by atoms with E-state index in [0.717, 1.165) is 24.0 Å². The van der Waals surface area contributed by atoms with Crippen molar-refractivity contribution in [2.75, 3.05) is 12.3 Å². The first-order chi connectivity index (χ1) is 10.4. The highest BCUT2D eigenvalue weighted by Gasteiger charge is 2.38. The van der Waals surface area contributed by atoms with Crippen LogP contribution < -0.4 is 28.5 Å². The number of nitrogens with zero attached hydrogens (tertiary/aromatic N) is 2. The normalized spacial score (nSPS) is 26.3. The summed E-state index contributed by atoms with van der Waals surface area (Å²) < 4.78 is 2.21. The summed E-state index contributed by atoms with van der Waals surface area (Å²) in [6.07, 6.45) is 3.44. The maximum absolute atomic E-state index is 11.1. The molecule has 0 saturated heterocycles. The lowest BCUT2D eigenvalue weighted by Gasteiger charge is -2.45. The molecule has 0 aromatic carbocycles. The van der Waals surface area contributed by atoms with Gasteiger partial charge in [0.05, 0.1) is 0 Å². The molecule has 1 saturated carbocycles. The van der Waals surface area contributed by atoms with Crippen LogP contribution in [0.25, 0.3) is 0 Å². The second-order valence-electron chi connectivity index (χ2n) is 7.83. The van der Waals surface area contributed by atoms with Crippen LogP contribution in [0, 0.1) is 10.8 Å². The van der Waals surface area contributed by atoms with Gasteiger partial charge in [0, 0.05) is 26.2 Å². The average Bonchev–Trinajstić information content (AvgIpc) is 2.41. The molecule has 2 rings (SSSR count). The molecule has 2 unspecified atom stereocenters. The van der Waals surface area contributed by atoms with E-state index in [1.54, 1.807) is 0 Å². The Bertz CT molecular complexity index is 661. The molecule has 6 N–H and O–H groups in total. The van der Waals surface area contributed by atoms with Crippen molar-refractivity contribution in [2.24, 2.45) is 36.4 Å². The third kappa shape index (κ3) is 4.94. The van der Waals surface area contributed by atoms with Crippen molar-refractivity contribution < 1.29 is 0 Å². The van der Waals surface area contributed by atoms with Crippen molar-refractivity contribution in [2.45, 2.75) is 46.1 Å². The van der Waals surface area contributed by atoms with Crippen molar-refractivity contribution in [3.05, 3.63) is 26.9 Å². The standard InChI is InChI=1S/C10H22N2.C6H9N3O2/c1-9(2)4-8(12)5-10(3,6-9)7-11;1-8-4(7)3-5(10)9(2)6(8)11/h8H,4-7,11-12H2,1-3H3;3H,7H2,1-2H3. The molecule has 132 valence electrons. The molecule has 2 atom stereocenters. The number of nitrogens with two attached hydrogens (primary N) is 3. The van der Waals surface area contributed by atoms with Gasteiger partial charge in [-0.2, -0.15) is 0 Å². The molecular weight excluding hydrogens is 294 g/mol. The average molecular weight is 325 g/mol. The lowest BCUT2D eigenvalue weighted by molar-refractivity contribution is 0.0904. The van der Waals surface area contributed by atoms with Gasteiger partial charge in [-0.1, -0.05) is 20.8 Å².